The number of hydrogen-bond acceptors (Lipinski definition) is 4. The summed E-state index contributed by atoms with van der Waals surface area (Å²) in [6, 6.07) is 5.52. The number of benzene rings is 1. The fourth-order valence-corrected chi connectivity index (χ4v) is 2.95. The fraction of sp³-hybridized carbons (Fsp3) is 0.0588. The largest absolute Gasteiger partial charge is 0.488 e. The second-order valence-corrected chi connectivity index (χ2v) is 6.33. The molecule has 0 amide bonds. The van der Waals surface area contributed by atoms with E-state index in [1.807, 2.05) is 30.4 Å². The smallest absolute Gasteiger partial charge is 0.328 e. The molecule has 3 rings (SSSR count). The number of hydrogen-bond donors (Lipinski definition) is 1. The molecule has 1 aromatic heterocycles. The summed E-state index contributed by atoms with van der Waals surface area (Å²) in [5, 5.41) is 10.1. The summed E-state index contributed by atoms with van der Waals surface area (Å²) in [6.07, 6.45) is 10.1. The minimum atomic E-state index is -0.975. The Hall–Kier alpha value is -2.37. The van der Waals surface area contributed by atoms with Gasteiger partial charge in [-0.25, -0.2) is 9.78 Å². The molecule has 0 atom stereocenters. The molecular formula is C17H12ClNO3S. The highest BCUT2D eigenvalue weighted by atomic mass is 35.5. The lowest BCUT2D eigenvalue weighted by Gasteiger charge is -2.16. The van der Waals surface area contributed by atoms with Crippen LogP contribution in [-0.4, -0.2) is 22.7 Å². The minimum absolute atomic E-state index is 0.488. The molecule has 6 heteroatoms. The molecule has 0 bridgehead atoms. The first-order valence-corrected chi connectivity index (χ1v) is 7.97. The zero-order valence-electron chi connectivity index (χ0n) is 11.9. The number of carboxylic acid groups (broad SMARTS) is 1. The lowest BCUT2D eigenvalue weighted by molar-refractivity contribution is -0.131. The Balaban J connectivity index is 1.75. The second kappa shape index (κ2) is 6.81. The molecule has 0 aliphatic carbocycles. The Labute approximate surface area is 142 Å². The number of halogens is 1. The molecule has 4 nitrogen and oxygen atoms in total. The van der Waals surface area contributed by atoms with Crippen LogP contribution in [0.1, 0.15) is 15.4 Å². The topological polar surface area (TPSA) is 59.4 Å². The van der Waals surface area contributed by atoms with Crippen LogP contribution >= 0.6 is 22.9 Å². The third kappa shape index (κ3) is 4.09. The molecular weight excluding hydrogens is 334 g/mol. The monoisotopic (exact) mass is 345 g/mol. The van der Waals surface area contributed by atoms with Gasteiger partial charge in [-0.3, -0.25) is 0 Å². The highest BCUT2D eigenvalue weighted by Crippen LogP contribution is 2.29. The van der Waals surface area contributed by atoms with E-state index in [9.17, 15) is 4.79 Å². The van der Waals surface area contributed by atoms with E-state index in [0.717, 1.165) is 32.8 Å². The molecule has 2 heterocycles. The van der Waals surface area contributed by atoms with Crippen LogP contribution in [0, 0.1) is 0 Å². The van der Waals surface area contributed by atoms with Crippen LogP contribution in [-0.2, 0) is 4.79 Å². The zero-order valence-corrected chi connectivity index (χ0v) is 13.5. The summed E-state index contributed by atoms with van der Waals surface area (Å²) >= 11 is 7.41. The molecule has 0 spiro atoms. The highest BCUT2D eigenvalue weighted by molar-refractivity contribution is 7.13. The van der Waals surface area contributed by atoms with Crippen molar-refractivity contribution in [2.75, 3.05) is 6.61 Å². The van der Waals surface area contributed by atoms with E-state index in [1.54, 1.807) is 12.3 Å². The number of aromatic nitrogens is 1. The van der Waals surface area contributed by atoms with E-state index in [-0.39, 0.29) is 0 Å². The summed E-state index contributed by atoms with van der Waals surface area (Å²) < 4.78 is 5.68. The standard InChI is InChI=1S/C17H12ClNO3S/c18-13-2-4-15-12(8-13)7-11(10-22-15)1-5-16-19-9-14(23-16)3-6-17(20)21/h1-9H,10H2,(H,20,21)/b5-1-,6-3-. The van der Waals surface area contributed by atoms with Gasteiger partial charge in [-0.15, -0.1) is 11.3 Å². The molecule has 0 radical (unpaired) electrons. The molecule has 1 aromatic carbocycles. The third-order valence-corrected chi connectivity index (χ3v) is 4.24. The van der Waals surface area contributed by atoms with Crippen molar-refractivity contribution in [3.8, 4) is 5.75 Å². The summed E-state index contributed by atoms with van der Waals surface area (Å²) in [6.45, 7) is 0.488. The summed E-state index contributed by atoms with van der Waals surface area (Å²) in [5.74, 6) is -0.153. The Kier molecular flexibility index (Phi) is 4.60. The lowest BCUT2D eigenvalue weighted by atomic mass is 10.1. The van der Waals surface area contributed by atoms with Crippen LogP contribution in [0.15, 0.2) is 42.1 Å². The second-order valence-electron chi connectivity index (χ2n) is 4.80. The maximum atomic E-state index is 10.5. The van der Waals surface area contributed by atoms with Crippen molar-refractivity contribution in [1.29, 1.82) is 0 Å². The number of thiazole rings is 1. The molecule has 116 valence electrons. The quantitative estimate of drug-likeness (QED) is 0.835. The van der Waals surface area contributed by atoms with Gasteiger partial charge in [0, 0.05) is 27.7 Å². The van der Waals surface area contributed by atoms with Crippen molar-refractivity contribution in [3.05, 3.63) is 62.6 Å². The molecule has 1 aliphatic rings. The van der Waals surface area contributed by atoms with Crippen LogP contribution in [0.5, 0.6) is 5.75 Å². The van der Waals surface area contributed by atoms with Gasteiger partial charge >= 0.3 is 5.97 Å². The fourth-order valence-electron chi connectivity index (χ4n) is 2.05. The van der Waals surface area contributed by atoms with Crippen LogP contribution in [0.4, 0.5) is 0 Å². The van der Waals surface area contributed by atoms with Gasteiger partial charge in [0.15, 0.2) is 0 Å². The maximum absolute atomic E-state index is 10.5. The molecule has 23 heavy (non-hydrogen) atoms. The van der Waals surface area contributed by atoms with Gasteiger partial charge in [0.2, 0.25) is 0 Å². The minimum Gasteiger partial charge on any atom is -0.488 e. The molecule has 1 N–H and O–H groups in total. The summed E-state index contributed by atoms with van der Waals surface area (Å²) in [7, 11) is 0. The van der Waals surface area contributed by atoms with Gasteiger partial charge in [-0.2, -0.15) is 0 Å². The Morgan fingerprint density at radius 3 is 3.04 bits per heavy atom. The molecule has 2 aromatic rings. The van der Waals surface area contributed by atoms with Crippen LogP contribution in [0.2, 0.25) is 5.02 Å². The first-order chi connectivity index (χ1) is 11.1. The average molecular weight is 346 g/mol. The van der Waals surface area contributed by atoms with E-state index >= 15 is 0 Å². The van der Waals surface area contributed by atoms with Gasteiger partial charge in [0.05, 0.1) is 0 Å². The van der Waals surface area contributed by atoms with Crippen LogP contribution < -0.4 is 4.74 Å². The number of rotatable bonds is 4. The first-order valence-electron chi connectivity index (χ1n) is 6.78. The van der Waals surface area contributed by atoms with E-state index in [0.29, 0.717) is 11.6 Å². The zero-order chi connectivity index (χ0) is 16.2. The summed E-state index contributed by atoms with van der Waals surface area (Å²) in [5.41, 5.74) is 1.96. The maximum Gasteiger partial charge on any atom is 0.328 e. The normalized spacial score (nSPS) is 13.9. The molecule has 0 unspecified atom stereocenters. The van der Waals surface area contributed by atoms with Crippen molar-refractivity contribution in [1.82, 2.24) is 4.98 Å². The lowest BCUT2D eigenvalue weighted by Crippen LogP contribution is -2.05. The van der Waals surface area contributed by atoms with Gasteiger partial charge in [0.25, 0.3) is 0 Å². The SMILES string of the molecule is O=C(O)/C=C\c1cnc(/C=C\C2=Cc3cc(Cl)ccc3OC2)s1. The van der Waals surface area contributed by atoms with Crippen LogP contribution in [0.3, 0.4) is 0 Å². The predicted octanol–water partition coefficient (Wildman–Crippen LogP) is 4.38. The van der Waals surface area contributed by atoms with Crippen molar-refractivity contribution in [3.63, 3.8) is 0 Å². The first kappa shape index (κ1) is 15.5. The molecule has 0 saturated heterocycles. The van der Waals surface area contributed by atoms with Gasteiger partial charge in [0.1, 0.15) is 17.4 Å². The molecule has 0 fully saturated rings. The van der Waals surface area contributed by atoms with Gasteiger partial charge in [-0.05, 0) is 42.0 Å². The van der Waals surface area contributed by atoms with Crippen molar-refractivity contribution >= 4 is 47.1 Å². The average Bonchev–Trinajstić information content (AvgIpc) is 2.98. The van der Waals surface area contributed by atoms with E-state index < -0.39 is 5.97 Å². The summed E-state index contributed by atoms with van der Waals surface area (Å²) in [4.78, 5) is 15.5. The Morgan fingerprint density at radius 1 is 1.35 bits per heavy atom. The number of aliphatic carboxylic acids is 1. The van der Waals surface area contributed by atoms with E-state index in [1.165, 1.54) is 17.4 Å². The number of fused-ring (bicyclic) bond motifs is 1. The third-order valence-electron chi connectivity index (χ3n) is 3.08. The van der Waals surface area contributed by atoms with Crippen LogP contribution in [0.25, 0.3) is 18.2 Å². The van der Waals surface area contributed by atoms with Crippen molar-refractivity contribution in [2.45, 2.75) is 0 Å². The molecule has 0 saturated carbocycles. The van der Waals surface area contributed by atoms with Gasteiger partial charge in [-0.1, -0.05) is 17.7 Å². The Bertz CT molecular complexity index is 836. The number of ether oxygens (including phenoxy) is 1. The highest BCUT2D eigenvalue weighted by Gasteiger charge is 2.10. The van der Waals surface area contributed by atoms with Crippen molar-refractivity contribution < 1.29 is 14.6 Å². The van der Waals surface area contributed by atoms with Gasteiger partial charge < -0.3 is 9.84 Å². The predicted molar refractivity (Wildman–Crippen MR) is 92.7 cm³/mol. The number of carbonyl (C=O) groups is 1. The molecule has 1 aliphatic heterocycles. The Morgan fingerprint density at radius 2 is 2.22 bits per heavy atom. The van der Waals surface area contributed by atoms with E-state index in [2.05, 4.69) is 4.98 Å². The van der Waals surface area contributed by atoms with E-state index in [4.69, 9.17) is 21.4 Å². The number of carboxylic acids is 1. The number of nitrogens with zero attached hydrogens (tertiary/aromatic N) is 1. The van der Waals surface area contributed by atoms with Crippen molar-refractivity contribution in [2.24, 2.45) is 0 Å².